The van der Waals surface area contributed by atoms with E-state index in [1.165, 1.54) is 0 Å². The van der Waals surface area contributed by atoms with Gasteiger partial charge in [-0.1, -0.05) is 6.07 Å². The molecule has 31 heavy (non-hydrogen) atoms. The minimum Gasteiger partial charge on any atom is -0.339 e. The van der Waals surface area contributed by atoms with Crippen molar-refractivity contribution in [1.82, 2.24) is 30.0 Å². The van der Waals surface area contributed by atoms with Gasteiger partial charge in [-0.15, -0.1) is 0 Å². The first-order chi connectivity index (χ1) is 15.2. The molecule has 3 heterocycles. The van der Waals surface area contributed by atoms with E-state index in [0.717, 1.165) is 5.69 Å². The molecule has 160 valence electrons. The average Bonchev–Trinajstić information content (AvgIpc) is 3.35. The zero-order valence-electron chi connectivity index (χ0n) is 17.0. The van der Waals surface area contributed by atoms with Crippen LogP contribution in [0.2, 0.25) is 0 Å². The molecule has 4 rings (SSSR count). The molecule has 1 aliphatic heterocycles. The number of aromatic nitrogens is 4. The van der Waals surface area contributed by atoms with Gasteiger partial charge in [0.15, 0.2) is 0 Å². The zero-order valence-corrected chi connectivity index (χ0v) is 17.0. The van der Waals surface area contributed by atoms with Crippen LogP contribution in [0.25, 0.3) is 5.69 Å². The minimum atomic E-state index is -0.350. The molecule has 1 fully saturated rings. The summed E-state index contributed by atoms with van der Waals surface area (Å²) in [6.45, 7) is 2.88. The van der Waals surface area contributed by atoms with E-state index < -0.39 is 0 Å². The lowest BCUT2D eigenvalue weighted by Gasteiger charge is -2.34. The van der Waals surface area contributed by atoms with Gasteiger partial charge >= 0.3 is 6.03 Å². The van der Waals surface area contributed by atoms with Crippen molar-refractivity contribution in [1.29, 1.82) is 0 Å². The lowest BCUT2D eigenvalue weighted by molar-refractivity contribution is -0.131. The first kappa shape index (κ1) is 20.3. The first-order valence-corrected chi connectivity index (χ1v) is 10.1. The highest BCUT2D eigenvalue weighted by molar-refractivity contribution is 5.89. The van der Waals surface area contributed by atoms with Gasteiger partial charge in [0.25, 0.3) is 0 Å². The molecule has 0 atom stereocenters. The van der Waals surface area contributed by atoms with Crippen LogP contribution in [0.3, 0.4) is 0 Å². The van der Waals surface area contributed by atoms with Crippen molar-refractivity contribution in [3.63, 3.8) is 0 Å². The number of rotatable bonds is 6. The molecule has 0 spiro atoms. The normalized spacial score (nSPS) is 13.7. The van der Waals surface area contributed by atoms with E-state index in [1.54, 1.807) is 35.4 Å². The number of piperazine rings is 1. The molecule has 3 aromatic rings. The molecule has 3 amide bonds. The van der Waals surface area contributed by atoms with Gasteiger partial charge in [0.2, 0.25) is 11.9 Å². The van der Waals surface area contributed by atoms with Crippen molar-refractivity contribution in [2.45, 2.75) is 6.42 Å². The van der Waals surface area contributed by atoms with Crippen molar-refractivity contribution < 1.29 is 9.59 Å². The second-order valence-corrected chi connectivity index (χ2v) is 7.05. The third kappa shape index (κ3) is 5.35. The van der Waals surface area contributed by atoms with Gasteiger partial charge in [0.1, 0.15) is 0 Å². The maximum atomic E-state index is 12.5. The van der Waals surface area contributed by atoms with Crippen LogP contribution in [-0.2, 0) is 4.79 Å². The Hall–Kier alpha value is -3.95. The zero-order chi connectivity index (χ0) is 21.5. The minimum absolute atomic E-state index is 0.0228. The third-order valence-corrected chi connectivity index (χ3v) is 4.96. The number of carbonyl (C=O) groups is 2. The van der Waals surface area contributed by atoms with Crippen LogP contribution in [-0.4, -0.2) is 69.3 Å². The Bertz CT molecular complexity index is 1000. The number of nitrogens with one attached hydrogen (secondary N) is 2. The molecule has 0 saturated carbocycles. The standard InChI is InChI=1S/C21H24N8O2/c30-19(27-12-14-28(15-13-27)20-22-7-2-8-23-20)6-10-24-21(31)26-17-4-1-5-18(16-17)29-11-3-9-25-29/h1-5,7-9,11,16H,6,10,12-15H2,(H2,24,26,31). The molecule has 2 aromatic heterocycles. The van der Waals surface area contributed by atoms with Crippen molar-refractivity contribution in [3.8, 4) is 5.69 Å². The fourth-order valence-electron chi connectivity index (χ4n) is 3.37. The van der Waals surface area contributed by atoms with Crippen LogP contribution in [0.4, 0.5) is 16.4 Å². The lowest BCUT2D eigenvalue weighted by Crippen LogP contribution is -2.49. The SMILES string of the molecule is O=C(NCCC(=O)N1CCN(c2ncccn2)CC1)Nc1cccc(-n2cccn2)c1. The van der Waals surface area contributed by atoms with Crippen molar-refractivity contribution in [2.75, 3.05) is 42.9 Å². The van der Waals surface area contributed by atoms with Crippen molar-refractivity contribution in [2.24, 2.45) is 0 Å². The van der Waals surface area contributed by atoms with Gasteiger partial charge in [0.05, 0.1) is 5.69 Å². The number of hydrogen-bond donors (Lipinski definition) is 2. The maximum absolute atomic E-state index is 12.5. The predicted octanol–water partition coefficient (Wildman–Crippen LogP) is 1.52. The summed E-state index contributed by atoms with van der Waals surface area (Å²) >= 11 is 0. The molecule has 1 aromatic carbocycles. The topological polar surface area (TPSA) is 108 Å². The lowest BCUT2D eigenvalue weighted by atomic mass is 10.2. The van der Waals surface area contributed by atoms with Gasteiger partial charge in [0, 0.05) is 69.6 Å². The summed E-state index contributed by atoms with van der Waals surface area (Å²) in [6, 6.07) is 10.6. The van der Waals surface area contributed by atoms with Crippen LogP contribution in [0.15, 0.2) is 61.2 Å². The Labute approximate surface area is 179 Å². The van der Waals surface area contributed by atoms with Crippen molar-refractivity contribution >= 4 is 23.6 Å². The first-order valence-electron chi connectivity index (χ1n) is 10.1. The fraction of sp³-hybridized carbons (Fsp3) is 0.286. The van der Waals surface area contributed by atoms with E-state index in [2.05, 4.69) is 30.6 Å². The van der Waals surface area contributed by atoms with Crippen LogP contribution in [0.1, 0.15) is 6.42 Å². The number of amides is 3. The Morgan fingerprint density at radius 2 is 1.77 bits per heavy atom. The summed E-state index contributed by atoms with van der Waals surface area (Å²) in [5.74, 6) is 0.708. The molecule has 2 N–H and O–H groups in total. The molecule has 10 heteroatoms. The molecular formula is C21H24N8O2. The van der Waals surface area contributed by atoms with Crippen molar-refractivity contribution in [3.05, 3.63) is 61.2 Å². The molecule has 0 radical (unpaired) electrons. The molecule has 0 unspecified atom stereocenters. The summed E-state index contributed by atoms with van der Waals surface area (Å²) in [6.07, 6.45) is 7.20. The van der Waals surface area contributed by atoms with E-state index in [9.17, 15) is 9.59 Å². The molecular weight excluding hydrogens is 396 g/mol. The number of benzene rings is 1. The second kappa shape index (κ2) is 9.70. The highest BCUT2D eigenvalue weighted by Gasteiger charge is 2.22. The largest absolute Gasteiger partial charge is 0.339 e. The van der Waals surface area contributed by atoms with Crippen LogP contribution < -0.4 is 15.5 Å². The fourth-order valence-corrected chi connectivity index (χ4v) is 3.37. The van der Waals surface area contributed by atoms with Crippen LogP contribution in [0, 0.1) is 0 Å². The van der Waals surface area contributed by atoms with E-state index in [-0.39, 0.29) is 24.9 Å². The Balaban J connectivity index is 1.19. The number of nitrogens with zero attached hydrogens (tertiary/aromatic N) is 6. The van der Waals surface area contributed by atoms with E-state index in [4.69, 9.17) is 0 Å². The Morgan fingerprint density at radius 3 is 2.52 bits per heavy atom. The predicted molar refractivity (Wildman–Crippen MR) is 116 cm³/mol. The summed E-state index contributed by atoms with van der Waals surface area (Å²) in [7, 11) is 0. The second-order valence-electron chi connectivity index (χ2n) is 7.05. The van der Waals surface area contributed by atoms with Gasteiger partial charge in [-0.05, 0) is 30.3 Å². The van der Waals surface area contributed by atoms with Gasteiger partial charge in [-0.3, -0.25) is 4.79 Å². The van der Waals surface area contributed by atoms with E-state index >= 15 is 0 Å². The van der Waals surface area contributed by atoms with Gasteiger partial charge < -0.3 is 20.4 Å². The molecule has 1 saturated heterocycles. The number of urea groups is 1. The summed E-state index contributed by atoms with van der Waals surface area (Å²) < 4.78 is 1.71. The summed E-state index contributed by atoms with van der Waals surface area (Å²) in [4.78, 5) is 37.0. The van der Waals surface area contributed by atoms with Gasteiger partial charge in [-0.25, -0.2) is 19.4 Å². The average molecular weight is 420 g/mol. The van der Waals surface area contributed by atoms with Crippen LogP contribution in [0.5, 0.6) is 0 Å². The number of carbonyl (C=O) groups excluding carboxylic acids is 2. The monoisotopic (exact) mass is 420 g/mol. The third-order valence-electron chi connectivity index (χ3n) is 4.96. The Kier molecular flexibility index (Phi) is 6.36. The highest BCUT2D eigenvalue weighted by Crippen LogP contribution is 2.14. The van der Waals surface area contributed by atoms with E-state index in [1.807, 2.05) is 35.4 Å². The molecule has 10 nitrogen and oxygen atoms in total. The van der Waals surface area contributed by atoms with Crippen LogP contribution >= 0.6 is 0 Å². The van der Waals surface area contributed by atoms with Gasteiger partial charge in [-0.2, -0.15) is 5.10 Å². The maximum Gasteiger partial charge on any atom is 0.319 e. The molecule has 1 aliphatic rings. The number of hydrogen-bond acceptors (Lipinski definition) is 6. The molecule has 0 aliphatic carbocycles. The number of anilines is 2. The molecule has 0 bridgehead atoms. The highest BCUT2D eigenvalue weighted by atomic mass is 16.2. The van der Waals surface area contributed by atoms with E-state index in [0.29, 0.717) is 37.8 Å². The summed E-state index contributed by atoms with van der Waals surface area (Å²) in [5, 5.41) is 9.70. The quantitative estimate of drug-likeness (QED) is 0.626. The smallest absolute Gasteiger partial charge is 0.319 e. The Morgan fingerprint density at radius 1 is 0.968 bits per heavy atom. The summed E-state index contributed by atoms with van der Waals surface area (Å²) in [5.41, 5.74) is 1.49.